The lowest BCUT2D eigenvalue weighted by Crippen LogP contribution is -2.11. The van der Waals surface area contributed by atoms with E-state index in [0.29, 0.717) is 12.1 Å². The Labute approximate surface area is 140 Å². The Morgan fingerprint density at radius 3 is 2.62 bits per heavy atom. The standard InChI is InChI=1S/C19H19N3O2/c1-14(15-6-8-16(9-7-15)19(20)23)24-18-5-3-2-4-17(18)12-22-11-10-21-13-22/h2-11,13-14H,12H2,1H3,(H2,20,23). The van der Waals surface area contributed by atoms with Gasteiger partial charge >= 0.3 is 0 Å². The highest BCUT2D eigenvalue weighted by atomic mass is 16.5. The van der Waals surface area contributed by atoms with Crippen molar-refractivity contribution in [3.8, 4) is 5.75 Å². The first-order valence-corrected chi connectivity index (χ1v) is 7.73. The Morgan fingerprint density at radius 2 is 1.96 bits per heavy atom. The van der Waals surface area contributed by atoms with Crippen LogP contribution in [0.4, 0.5) is 0 Å². The summed E-state index contributed by atoms with van der Waals surface area (Å²) in [5.74, 6) is 0.401. The van der Waals surface area contributed by atoms with E-state index >= 15 is 0 Å². The minimum absolute atomic E-state index is 0.143. The van der Waals surface area contributed by atoms with Gasteiger partial charge in [-0.05, 0) is 30.7 Å². The van der Waals surface area contributed by atoms with Crippen LogP contribution >= 0.6 is 0 Å². The molecule has 5 heteroatoms. The van der Waals surface area contributed by atoms with Crippen molar-refractivity contribution < 1.29 is 9.53 Å². The number of aromatic nitrogens is 2. The van der Waals surface area contributed by atoms with E-state index in [-0.39, 0.29) is 6.10 Å². The number of imidazole rings is 1. The molecule has 0 fully saturated rings. The van der Waals surface area contributed by atoms with E-state index in [1.54, 1.807) is 24.7 Å². The van der Waals surface area contributed by atoms with E-state index < -0.39 is 5.91 Å². The normalized spacial score (nSPS) is 11.9. The number of nitrogens with zero attached hydrogens (tertiary/aromatic N) is 2. The molecule has 0 radical (unpaired) electrons. The van der Waals surface area contributed by atoms with E-state index in [1.807, 2.05) is 54.1 Å². The smallest absolute Gasteiger partial charge is 0.248 e. The third kappa shape index (κ3) is 3.63. The number of carbonyl (C=O) groups excluding carboxylic acids is 1. The molecule has 24 heavy (non-hydrogen) atoms. The number of carbonyl (C=O) groups is 1. The van der Waals surface area contributed by atoms with E-state index in [0.717, 1.165) is 16.9 Å². The number of hydrogen-bond donors (Lipinski definition) is 1. The Morgan fingerprint density at radius 1 is 1.21 bits per heavy atom. The first kappa shape index (κ1) is 15.8. The molecule has 0 saturated carbocycles. The second-order valence-corrected chi connectivity index (χ2v) is 5.59. The first-order chi connectivity index (χ1) is 11.6. The Kier molecular flexibility index (Phi) is 4.61. The van der Waals surface area contributed by atoms with Gasteiger partial charge in [0.1, 0.15) is 11.9 Å². The number of nitrogens with two attached hydrogens (primary N) is 1. The summed E-state index contributed by atoms with van der Waals surface area (Å²) < 4.78 is 8.13. The molecule has 1 heterocycles. The maximum Gasteiger partial charge on any atom is 0.248 e. The summed E-state index contributed by atoms with van der Waals surface area (Å²) in [7, 11) is 0. The van der Waals surface area contributed by atoms with Gasteiger partial charge < -0.3 is 15.0 Å². The monoisotopic (exact) mass is 321 g/mol. The Balaban J connectivity index is 1.76. The van der Waals surface area contributed by atoms with Gasteiger partial charge in [-0.2, -0.15) is 0 Å². The van der Waals surface area contributed by atoms with Gasteiger partial charge in [0.05, 0.1) is 12.9 Å². The van der Waals surface area contributed by atoms with Crippen LogP contribution in [-0.2, 0) is 6.54 Å². The van der Waals surface area contributed by atoms with Crippen LogP contribution in [0.1, 0.15) is 34.5 Å². The van der Waals surface area contributed by atoms with E-state index in [2.05, 4.69) is 4.98 Å². The minimum atomic E-state index is -0.430. The van der Waals surface area contributed by atoms with Gasteiger partial charge in [-0.25, -0.2) is 4.98 Å². The van der Waals surface area contributed by atoms with Gasteiger partial charge in [-0.3, -0.25) is 4.79 Å². The number of hydrogen-bond acceptors (Lipinski definition) is 3. The molecule has 3 aromatic rings. The molecule has 0 spiro atoms. The second-order valence-electron chi connectivity index (χ2n) is 5.59. The third-order valence-electron chi connectivity index (χ3n) is 3.85. The van der Waals surface area contributed by atoms with Crippen LogP contribution in [0.15, 0.2) is 67.3 Å². The first-order valence-electron chi connectivity index (χ1n) is 7.73. The molecule has 2 aromatic carbocycles. The second kappa shape index (κ2) is 7.00. The molecular weight excluding hydrogens is 302 g/mol. The molecule has 0 aliphatic heterocycles. The molecule has 122 valence electrons. The molecule has 0 saturated heterocycles. The highest BCUT2D eigenvalue weighted by Gasteiger charge is 2.11. The van der Waals surface area contributed by atoms with Crippen molar-refractivity contribution in [2.45, 2.75) is 19.6 Å². The summed E-state index contributed by atoms with van der Waals surface area (Å²) in [6.07, 6.45) is 5.31. The molecular formula is C19H19N3O2. The average Bonchev–Trinajstić information content (AvgIpc) is 3.10. The lowest BCUT2D eigenvalue weighted by Gasteiger charge is -2.18. The molecule has 1 unspecified atom stereocenters. The molecule has 1 amide bonds. The lowest BCUT2D eigenvalue weighted by molar-refractivity contribution is 0.1000. The molecule has 0 aliphatic rings. The number of para-hydroxylation sites is 1. The highest BCUT2D eigenvalue weighted by molar-refractivity contribution is 5.92. The zero-order valence-electron chi connectivity index (χ0n) is 13.4. The maximum atomic E-state index is 11.2. The van der Waals surface area contributed by atoms with Crippen LogP contribution < -0.4 is 10.5 Å². The summed E-state index contributed by atoms with van der Waals surface area (Å²) in [6, 6.07) is 15.1. The molecule has 1 atom stereocenters. The molecule has 5 nitrogen and oxygen atoms in total. The summed E-state index contributed by atoms with van der Waals surface area (Å²) >= 11 is 0. The zero-order chi connectivity index (χ0) is 16.9. The van der Waals surface area contributed by atoms with Crippen molar-refractivity contribution in [2.24, 2.45) is 5.73 Å². The fourth-order valence-corrected chi connectivity index (χ4v) is 2.50. The van der Waals surface area contributed by atoms with Crippen molar-refractivity contribution in [3.63, 3.8) is 0 Å². The van der Waals surface area contributed by atoms with Crippen molar-refractivity contribution in [2.75, 3.05) is 0 Å². The molecule has 2 N–H and O–H groups in total. The van der Waals surface area contributed by atoms with Gasteiger partial charge in [-0.1, -0.05) is 30.3 Å². The summed E-state index contributed by atoms with van der Waals surface area (Å²) in [5.41, 5.74) is 7.83. The summed E-state index contributed by atoms with van der Waals surface area (Å²) in [4.78, 5) is 15.2. The maximum absolute atomic E-state index is 11.2. The predicted octanol–water partition coefficient (Wildman–Crippen LogP) is 3.17. The van der Waals surface area contributed by atoms with Gasteiger partial charge in [-0.15, -0.1) is 0 Å². The minimum Gasteiger partial charge on any atom is -0.486 e. The number of rotatable bonds is 6. The predicted molar refractivity (Wildman–Crippen MR) is 91.8 cm³/mol. The molecule has 0 bridgehead atoms. The Bertz CT molecular complexity index is 811. The van der Waals surface area contributed by atoms with Crippen LogP contribution in [0, 0.1) is 0 Å². The topological polar surface area (TPSA) is 70.1 Å². The van der Waals surface area contributed by atoms with E-state index in [9.17, 15) is 4.79 Å². The summed E-state index contributed by atoms with van der Waals surface area (Å²) in [5, 5.41) is 0. The van der Waals surface area contributed by atoms with Crippen molar-refractivity contribution in [1.82, 2.24) is 9.55 Å². The number of primary amides is 1. The van der Waals surface area contributed by atoms with Crippen LogP contribution in [0.25, 0.3) is 0 Å². The number of amides is 1. The highest BCUT2D eigenvalue weighted by Crippen LogP contribution is 2.26. The van der Waals surface area contributed by atoms with Crippen LogP contribution in [0.2, 0.25) is 0 Å². The SMILES string of the molecule is CC(Oc1ccccc1Cn1ccnc1)c1ccc(C(N)=O)cc1. The number of benzene rings is 2. The Hall–Kier alpha value is -3.08. The van der Waals surface area contributed by atoms with Crippen LogP contribution in [0.3, 0.4) is 0 Å². The van der Waals surface area contributed by atoms with E-state index in [4.69, 9.17) is 10.5 Å². The fourth-order valence-electron chi connectivity index (χ4n) is 2.50. The lowest BCUT2D eigenvalue weighted by atomic mass is 10.1. The van der Waals surface area contributed by atoms with Gasteiger partial charge in [0.25, 0.3) is 0 Å². The average molecular weight is 321 g/mol. The van der Waals surface area contributed by atoms with Gasteiger partial charge in [0.2, 0.25) is 5.91 Å². The molecule has 3 rings (SSSR count). The third-order valence-corrected chi connectivity index (χ3v) is 3.85. The largest absolute Gasteiger partial charge is 0.486 e. The van der Waals surface area contributed by atoms with Crippen LogP contribution in [0.5, 0.6) is 5.75 Å². The van der Waals surface area contributed by atoms with Gasteiger partial charge in [0, 0.05) is 23.5 Å². The van der Waals surface area contributed by atoms with Gasteiger partial charge in [0.15, 0.2) is 0 Å². The van der Waals surface area contributed by atoms with Crippen molar-refractivity contribution in [1.29, 1.82) is 0 Å². The zero-order valence-corrected chi connectivity index (χ0v) is 13.4. The van der Waals surface area contributed by atoms with Crippen LogP contribution in [-0.4, -0.2) is 15.5 Å². The molecule has 1 aromatic heterocycles. The fraction of sp³-hybridized carbons (Fsp3) is 0.158. The summed E-state index contributed by atoms with van der Waals surface area (Å²) in [6.45, 7) is 2.68. The quantitative estimate of drug-likeness (QED) is 0.758. The van der Waals surface area contributed by atoms with E-state index in [1.165, 1.54) is 0 Å². The number of ether oxygens (including phenoxy) is 1. The van der Waals surface area contributed by atoms with Crippen molar-refractivity contribution >= 4 is 5.91 Å². The van der Waals surface area contributed by atoms with Crippen molar-refractivity contribution in [3.05, 3.63) is 83.9 Å². The molecule has 0 aliphatic carbocycles.